The third-order valence-electron chi connectivity index (χ3n) is 4.65. The SMILES string of the molecule is O=C1CC2CNCCN2c2cc(COc3ccccc3F)ccc2N1. The van der Waals surface area contributed by atoms with Gasteiger partial charge in [0.2, 0.25) is 5.91 Å². The second-order valence-corrected chi connectivity index (χ2v) is 6.37. The van der Waals surface area contributed by atoms with E-state index in [9.17, 15) is 9.18 Å². The number of anilines is 2. The zero-order valence-electron chi connectivity index (χ0n) is 13.8. The number of nitrogens with one attached hydrogen (secondary N) is 2. The fourth-order valence-corrected chi connectivity index (χ4v) is 3.41. The van der Waals surface area contributed by atoms with Gasteiger partial charge in [0.25, 0.3) is 0 Å². The first-order valence-electron chi connectivity index (χ1n) is 8.48. The average Bonchev–Trinajstić information content (AvgIpc) is 2.76. The molecule has 4 rings (SSSR count). The molecule has 2 aromatic carbocycles. The first-order valence-corrected chi connectivity index (χ1v) is 8.48. The largest absolute Gasteiger partial charge is 0.486 e. The smallest absolute Gasteiger partial charge is 0.226 e. The van der Waals surface area contributed by atoms with Crippen LogP contribution in [0.3, 0.4) is 0 Å². The van der Waals surface area contributed by atoms with Gasteiger partial charge in [-0.05, 0) is 29.8 Å². The third-order valence-corrected chi connectivity index (χ3v) is 4.65. The summed E-state index contributed by atoms with van der Waals surface area (Å²) in [5.74, 6) is -0.0923. The fourth-order valence-electron chi connectivity index (χ4n) is 3.41. The van der Waals surface area contributed by atoms with Gasteiger partial charge in [-0.15, -0.1) is 0 Å². The Morgan fingerprint density at radius 3 is 3.00 bits per heavy atom. The molecule has 1 fully saturated rings. The summed E-state index contributed by atoms with van der Waals surface area (Å²) < 4.78 is 19.3. The number of hydrogen-bond donors (Lipinski definition) is 2. The molecule has 1 saturated heterocycles. The number of halogens is 1. The van der Waals surface area contributed by atoms with Gasteiger partial charge in [-0.2, -0.15) is 0 Å². The van der Waals surface area contributed by atoms with E-state index in [0.29, 0.717) is 6.42 Å². The Labute approximate surface area is 145 Å². The van der Waals surface area contributed by atoms with Crippen molar-refractivity contribution in [3.63, 3.8) is 0 Å². The van der Waals surface area contributed by atoms with Crippen LogP contribution < -0.4 is 20.3 Å². The molecule has 1 atom stereocenters. The Bertz CT molecular complexity index is 796. The van der Waals surface area contributed by atoms with Crippen LogP contribution in [0.25, 0.3) is 0 Å². The van der Waals surface area contributed by atoms with Crippen molar-refractivity contribution in [2.24, 2.45) is 0 Å². The minimum atomic E-state index is -0.369. The lowest BCUT2D eigenvalue weighted by atomic mass is 10.1. The van der Waals surface area contributed by atoms with E-state index < -0.39 is 0 Å². The summed E-state index contributed by atoms with van der Waals surface area (Å²) in [6, 6.07) is 12.4. The first kappa shape index (κ1) is 15.9. The molecule has 6 heteroatoms. The molecule has 2 aliphatic heterocycles. The molecular formula is C19H20FN3O2. The second-order valence-electron chi connectivity index (χ2n) is 6.37. The maximum atomic E-state index is 13.7. The molecule has 1 unspecified atom stereocenters. The highest BCUT2D eigenvalue weighted by Gasteiger charge is 2.30. The van der Waals surface area contributed by atoms with Gasteiger partial charge in [-0.1, -0.05) is 18.2 Å². The lowest BCUT2D eigenvalue weighted by Gasteiger charge is -2.36. The molecule has 130 valence electrons. The summed E-state index contributed by atoms with van der Waals surface area (Å²) in [5.41, 5.74) is 2.77. The van der Waals surface area contributed by atoms with Crippen LogP contribution in [0.4, 0.5) is 15.8 Å². The number of nitrogens with zero attached hydrogens (tertiary/aromatic N) is 1. The number of amides is 1. The molecule has 2 N–H and O–H groups in total. The zero-order valence-corrected chi connectivity index (χ0v) is 13.8. The standard InChI is InChI=1S/C19H20FN3O2/c20-15-3-1-2-4-18(15)25-12-13-5-6-16-17(9-13)23-8-7-21-11-14(23)10-19(24)22-16/h1-6,9,14,21H,7-8,10-12H2,(H,22,24). The van der Waals surface area contributed by atoms with Crippen LogP contribution in [0.15, 0.2) is 42.5 Å². The first-order chi connectivity index (χ1) is 12.2. The predicted octanol–water partition coefficient (Wildman–Crippen LogP) is 2.53. The molecule has 0 bridgehead atoms. The van der Waals surface area contributed by atoms with Crippen LogP contribution >= 0.6 is 0 Å². The number of carbonyl (C=O) groups excluding carboxylic acids is 1. The van der Waals surface area contributed by atoms with Crippen molar-refractivity contribution in [3.8, 4) is 5.75 Å². The Kier molecular flexibility index (Phi) is 4.28. The van der Waals surface area contributed by atoms with Gasteiger partial charge in [-0.3, -0.25) is 4.79 Å². The Morgan fingerprint density at radius 2 is 2.12 bits per heavy atom. The van der Waals surface area contributed by atoms with Gasteiger partial charge in [0.1, 0.15) is 6.61 Å². The molecule has 0 aromatic heterocycles. The van der Waals surface area contributed by atoms with Gasteiger partial charge in [0.05, 0.1) is 17.4 Å². The highest BCUT2D eigenvalue weighted by atomic mass is 19.1. The van der Waals surface area contributed by atoms with E-state index in [1.54, 1.807) is 18.2 Å². The van der Waals surface area contributed by atoms with Gasteiger partial charge >= 0.3 is 0 Å². The molecule has 1 amide bonds. The van der Waals surface area contributed by atoms with Crippen molar-refractivity contribution in [2.45, 2.75) is 19.1 Å². The number of benzene rings is 2. The number of para-hydroxylation sites is 1. The highest BCUT2D eigenvalue weighted by molar-refractivity contribution is 5.97. The second kappa shape index (κ2) is 6.72. The lowest BCUT2D eigenvalue weighted by molar-refractivity contribution is -0.116. The summed E-state index contributed by atoms with van der Waals surface area (Å²) in [4.78, 5) is 14.4. The van der Waals surface area contributed by atoms with E-state index in [1.807, 2.05) is 18.2 Å². The maximum absolute atomic E-state index is 13.7. The van der Waals surface area contributed by atoms with Crippen molar-refractivity contribution in [3.05, 3.63) is 53.8 Å². The third kappa shape index (κ3) is 3.30. The topological polar surface area (TPSA) is 53.6 Å². The van der Waals surface area contributed by atoms with E-state index in [1.165, 1.54) is 6.07 Å². The van der Waals surface area contributed by atoms with Crippen LogP contribution in [-0.4, -0.2) is 31.6 Å². The Morgan fingerprint density at radius 1 is 1.24 bits per heavy atom. The van der Waals surface area contributed by atoms with Crippen molar-refractivity contribution < 1.29 is 13.9 Å². The number of rotatable bonds is 3. The average molecular weight is 341 g/mol. The van der Waals surface area contributed by atoms with Crippen molar-refractivity contribution in [1.29, 1.82) is 0 Å². The molecule has 2 aromatic rings. The molecule has 0 radical (unpaired) electrons. The molecular weight excluding hydrogens is 321 g/mol. The molecule has 0 aliphatic carbocycles. The van der Waals surface area contributed by atoms with Crippen LogP contribution in [0.2, 0.25) is 0 Å². The van der Waals surface area contributed by atoms with Gasteiger partial charge < -0.3 is 20.3 Å². The number of ether oxygens (including phenoxy) is 1. The summed E-state index contributed by atoms with van der Waals surface area (Å²) in [5, 5.41) is 6.32. The summed E-state index contributed by atoms with van der Waals surface area (Å²) in [6.45, 7) is 2.81. The van der Waals surface area contributed by atoms with Crippen LogP contribution in [0.5, 0.6) is 5.75 Å². The minimum absolute atomic E-state index is 0.0350. The van der Waals surface area contributed by atoms with E-state index in [4.69, 9.17) is 4.74 Å². The van der Waals surface area contributed by atoms with Crippen molar-refractivity contribution >= 4 is 17.3 Å². The molecule has 0 saturated carbocycles. The molecule has 2 aliphatic rings. The highest BCUT2D eigenvalue weighted by Crippen LogP contribution is 2.33. The van der Waals surface area contributed by atoms with Crippen molar-refractivity contribution in [2.75, 3.05) is 29.9 Å². The summed E-state index contributed by atoms with van der Waals surface area (Å²) in [7, 11) is 0. The zero-order chi connectivity index (χ0) is 17.2. The van der Waals surface area contributed by atoms with E-state index in [-0.39, 0.29) is 30.1 Å². The predicted molar refractivity (Wildman–Crippen MR) is 94.4 cm³/mol. The van der Waals surface area contributed by atoms with Crippen LogP contribution in [0, 0.1) is 5.82 Å². The Balaban J connectivity index is 1.59. The number of carbonyl (C=O) groups is 1. The van der Waals surface area contributed by atoms with E-state index in [2.05, 4.69) is 15.5 Å². The molecule has 25 heavy (non-hydrogen) atoms. The number of piperazine rings is 1. The fraction of sp³-hybridized carbons (Fsp3) is 0.316. The van der Waals surface area contributed by atoms with E-state index in [0.717, 1.165) is 36.6 Å². The summed E-state index contributed by atoms with van der Waals surface area (Å²) >= 11 is 0. The lowest BCUT2D eigenvalue weighted by Crippen LogP contribution is -2.51. The molecule has 5 nitrogen and oxygen atoms in total. The van der Waals surface area contributed by atoms with Crippen LogP contribution in [-0.2, 0) is 11.4 Å². The van der Waals surface area contributed by atoms with Crippen molar-refractivity contribution in [1.82, 2.24) is 5.32 Å². The molecule has 0 spiro atoms. The summed E-state index contributed by atoms with van der Waals surface area (Å²) in [6.07, 6.45) is 0.475. The van der Waals surface area contributed by atoms with Gasteiger partial charge in [0.15, 0.2) is 11.6 Å². The minimum Gasteiger partial charge on any atom is -0.486 e. The quantitative estimate of drug-likeness (QED) is 0.901. The van der Waals surface area contributed by atoms with Gasteiger partial charge in [0, 0.05) is 26.1 Å². The number of hydrogen-bond acceptors (Lipinski definition) is 4. The van der Waals surface area contributed by atoms with Crippen LogP contribution in [0.1, 0.15) is 12.0 Å². The normalized spacial score (nSPS) is 19.5. The molecule has 2 heterocycles. The maximum Gasteiger partial charge on any atom is 0.226 e. The van der Waals surface area contributed by atoms with E-state index >= 15 is 0 Å². The Hall–Kier alpha value is -2.60. The monoisotopic (exact) mass is 341 g/mol. The van der Waals surface area contributed by atoms with Gasteiger partial charge in [-0.25, -0.2) is 4.39 Å². The number of fused-ring (bicyclic) bond motifs is 3.